The van der Waals surface area contributed by atoms with Crippen molar-refractivity contribution in [2.45, 2.75) is 48.5 Å². The van der Waals surface area contributed by atoms with Crippen LogP contribution in [0.4, 0.5) is 32.2 Å². The number of nitrogen functional groups attached to an aromatic ring is 1. The number of fused-ring (bicyclic) bond motifs is 2. The Balaban J connectivity index is 0.000000470. The number of imidazole rings is 1. The summed E-state index contributed by atoms with van der Waals surface area (Å²) in [4.78, 5) is 16.1. The standard InChI is InChI=1S/C20H16ClF3N6O2S.C2HF3O2/c21-12-2-1-11(13-6-27-17-16(26)28-15(7-30(13)17)20(22,23)24)5-14(12)33(31,32)29-19-4-3-18(8-19,9-19)10-25;3-2(4,5)1(6)7/h1-2,5-7,29H,3-4,8-9H2,(H2,26,28);(H,6,7). The van der Waals surface area contributed by atoms with E-state index in [0.29, 0.717) is 25.7 Å². The van der Waals surface area contributed by atoms with E-state index < -0.39 is 50.8 Å². The molecule has 0 radical (unpaired) electrons. The number of halogens is 7. The molecule has 4 N–H and O–H groups in total. The van der Waals surface area contributed by atoms with Crippen LogP contribution in [0.5, 0.6) is 0 Å². The quantitative estimate of drug-likeness (QED) is 0.366. The number of nitrogens with zero attached hydrogens (tertiary/aromatic N) is 4. The van der Waals surface area contributed by atoms with Crippen LogP contribution in [0.2, 0.25) is 5.02 Å². The van der Waals surface area contributed by atoms with Gasteiger partial charge >= 0.3 is 18.3 Å². The van der Waals surface area contributed by atoms with E-state index >= 15 is 0 Å². The molecule has 2 aromatic heterocycles. The van der Waals surface area contributed by atoms with E-state index in [-0.39, 0.29) is 26.8 Å². The molecule has 0 amide bonds. The number of benzene rings is 1. The monoisotopic (exact) mass is 610 g/mol. The highest BCUT2D eigenvalue weighted by atomic mass is 35.5. The lowest BCUT2D eigenvalue weighted by molar-refractivity contribution is -0.192. The molecule has 0 spiro atoms. The van der Waals surface area contributed by atoms with Gasteiger partial charge in [0, 0.05) is 17.3 Å². The Labute approximate surface area is 226 Å². The summed E-state index contributed by atoms with van der Waals surface area (Å²) in [6, 6.07) is 6.38. The van der Waals surface area contributed by atoms with E-state index in [1.54, 1.807) is 0 Å². The third kappa shape index (κ3) is 5.38. The second kappa shape index (κ2) is 9.49. The average Bonchev–Trinajstić information content (AvgIpc) is 3.50. The number of aliphatic carboxylic acids is 1. The summed E-state index contributed by atoms with van der Waals surface area (Å²) < 4.78 is 102. The number of nitrogens with two attached hydrogens (primary N) is 1. The number of hydrogen-bond acceptors (Lipinski definition) is 7. The summed E-state index contributed by atoms with van der Waals surface area (Å²) in [6.07, 6.45) is -5.73. The third-order valence-electron chi connectivity index (χ3n) is 6.59. The molecule has 0 unspecified atom stereocenters. The molecule has 18 heteroatoms. The average molecular weight is 611 g/mol. The zero-order chi connectivity index (χ0) is 29.9. The van der Waals surface area contributed by atoms with Crippen molar-refractivity contribution < 1.29 is 44.7 Å². The van der Waals surface area contributed by atoms with Gasteiger partial charge < -0.3 is 10.8 Å². The lowest BCUT2D eigenvalue weighted by Gasteiger charge is -2.43. The molecule has 3 aromatic rings. The van der Waals surface area contributed by atoms with Gasteiger partial charge in [-0.05, 0) is 37.8 Å². The lowest BCUT2D eigenvalue weighted by Crippen LogP contribution is -2.55. The van der Waals surface area contributed by atoms with Gasteiger partial charge in [0.2, 0.25) is 10.0 Å². The van der Waals surface area contributed by atoms with Gasteiger partial charge in [-0.3, -0.25) is 4.40 Å². The zero-order valence-corrected chi connectivity index (χ0v) is 21.4. The van der Waals surface area contributed by atoms with Crippen molar-refractivity contribution >= 4 is 39.1 Å². The van der Waals surface area contributed by atoms with Crippen molar-refractivity contribution in [3.8, 4) is 17.3 Å². The van der Waals surface area contributed by atoms with Gasteiger partial charge in [0.15, 0.2) is 17.2 Å². The van der Waals surface area contributed by atoms with Gasteiger partial charge in [-0.15, -0.1) is 0 Å². The molecule has 2 heterocycles. The Morgan fingerprint density at radius 3 is 2.35 bits per heavy atom. The Hall–Kier alpha value is -3.62. The highest BCUT2D eigenvalue weighted by molar-refractivity contribution is 7.89. The summed E-state index contributed by atoms with van der Waals surface area (Å²) >= 11 is 6.20. The molecule has 0 atom stereocenters. The largest absolute Gasteiger partial charge is 0.490 e. The third-order valence-corrected chi connectivity index (χ3v) is 8.65. The highest BCUT2D eigenvalue weighted by Crippen LogP contribution is 2.61. The van der Waals surface area contributed by atoms with Gasteiger partial charge in [-0.25, -0.2) is 27.9 Å². The summed E-state index contributed by atoms with van der Waals surface area (Å²) in [5.74, 6) is -3.17. The van der Waals surface area contributed by atoms with E-state index in [9.17, 15) is 40.0 Å². The maximum Gasteiger partial charge on any atom is 0.490 e. The van der Waals surface area contributed by atoms with Crippen LogP contribution < -0.4 is 10.5 Å². The van der Waals surface area contributed by atoms with Crippen LogP contribution in [-0.4, -0.2) is 45.6 Å². The fourth-order valence-corrected chi connectivity index (χ4v) is 6.86. The van der Waals surface area contributed by atoms with Gasteiger partial charge in [-0.2, -0.15) is 31.6 Å². The van der Waals surface area contributed by atoms with E-state index in [2.05, 4.69) is 20.8 Å². The Morgan fingerprint density at radius 1 is 1.20 bits per heavy atom. The van der Waals surface area contributed by atoms with E-state index in [4.69, 9.17) is 27.2 Å². The smallest absolute Gasteiger partial charge is 0.475 e. The minimum atomic E-state index is -5.08. The number of nitrogens with one attached hydrogen (secondary N) is 1. The Kier molecular flexibility index (Phi) is 6.97. The molecular weight excluding hydrogens is 594 g/mol. The molecule has 1 aromatic carbocycles. The second-order valence-electron chi connectivity index (χ2n) is 9.43. The molecule has 6 rings (SSSR count). The molecule has 3 saturated carbocycles. The molecule has 2 bridgehead atoms. The maximum absolute atomic E-state index is 13.2. The SMILES string of the molecule is N#CC12CCC(NS(=O)(=O)c3cc(-c4cnc5c(N)nc(C(F)(F)F)cn45)ccc3Cl)(C1)C2.O=C(O)C(F)(F)F. The van der Waals surface area contributed by atoms with Crippen molar-refractivity contribution in [1.82, 2.24) is 19.1 Å². The summed E-state index contributed by atoms with van der Waals surface area (Å²) in [7, 11) is -4.07. The predicted octanol–water partition coefficient (Wildman–Crippen LogP) is 4.40. The number of carboxylic acids is 1. The minimum Gasteiger partial charge on any atom is -0.475 e. The van der Waals surface area contributed by atoms with Crippen LogP contribution in [0.15, 0.2) is 35.5 Å². The Morgan fingerprint density at radius 2 is 1.82 bits per heavy atom. The topological polar surface area (TPSA) is 163 Å². The first-order valence-corrected chi connectivity index (χ1v) is 12.9. The van der Waals surface area contributed by atoms with E-state index in [1.807, 2.05) is 0 Å². The highest BCUT2D eigenvalue weighted by Gasteiger charge is 2.62. The first-order chi connectivity index (χ1) is 18.3. The van der Waals surface area contributed by atoms with Crippen LogP contribution in [-0.2, 0) is 21.0 Å². The van der Waals surface area contributed by atoms with Crippen molar-refractivity contribution in [3.05, 3.63) is 41.3 Å². The van der Waals surface area contributed by atoms with E-state index in [0.717, 1.165) is 10.6 Å². The molecule has 214 valence electrons. The predicted molar refractivity (Wildman–Crippen MR) is 126 cm³/mol. The van der Waals surface area contributed by atoms with Crippen LogP contribution >= 0.6 is 11.6 Å². The number of alkyl halides is 6. The normalized spacial score (nSPS) is 22.2. The summed E-state index contributed by atoms with van der Waals surface area (Å²) in [6.45, 7) is 0. The molecule has 3 aliphatic rings. The van der Waals surface area contributed by atoms with Crippen LogP contribution in [0.1, 0.15) is 31.4 Å². The minimum absolute atomic E-state index is 0.00244. The zero-order valence-electron chi connectivity index (χ0n) is 19.8. The molecule has 0 aliphatic heterocycles. The molecule has 40 heavy (non-hydrogen) atoms. The van der Waals surface area contributed by atoms with Crippen molar-refractivity contribution in [1.29, 1.82) is 5.26 Å². The summed E-state index contributed by atoms with van der Waals surface area (Å²) in [5, 5.41) is 16.4. The van der Waals surface area contributed by atoms with Crippen molar-refractivity contribution in [2.24, 2.45) is 5.41 Å². The number of rotatable bonds is 4. The van der Waals surface area contributed by atoms with Gasteiger partial charge in [-0.1, -0.05) is 17.7 Å². The van der Waals surface area contributed by atoms with Crippen molar-refractivity contribution in [3.63, 3.8) is 0 Å². The number of sulfonamides is 1. The number of carboxylic acid groups (broad SMARTS) is 1. The summed E-state index contributed by atoms with van der Waals surface area (Å²) in [5.41, 5.74) is 3.75. The number of hydrogen-bond donors (Lipinski definition) is 3. The first-order valence-electron chi connectivity index (χ1n) is 11.1. The molecule has 0 saturated heterocycles. The van der Waals surface area contributed by atoms with Crippen LogP contribution in [0, 0.1) is 16.7 Å². The van der Waals surface area contributed by atoms with Crippen LogP contribution in [0.25, 0.3) is 16.9 Å². The second-order valence-corrected chi connectivity index (χ2v) is 11.5. The van der Waals surface area contributed by atoms with Gasteiger partial charge in [0.05, 0.1) is 28.4 Å². The maximum atomic E-state index is 13.2. The number of carbonyl (C=O) groups is 1. The first kappa shape index (κ1) is 29.4. The molecule has 3 aliphatic carbocycles. The number of nitriles is 1. The molecular formula is C22H17ClF6N6O4S. The van der Waals surface area contributed by atoms with Gasteiger partial charge in [0.1, 0.15) is 4.90 Å². The number of anilines is 1. The van der Waals surface area contributed by atoms with Crippen LogP contribution in [0.3, 0.4) is 0 Å². The fourth-order valence-electron chi connectivity index (χ4n) is 4.90. The van der Waals surface area contributed by atoms with Crippen molar-refractivity contribution in [2.75, 3.05) is 5.73 Å². The molecule has 3 fully saturated rings. The number of aromatic nitrogens is 3. The fraction of sp³-hybridized carbons (Fsp3) is 0.364. The molecule has 10 nitrogen and oxygen atoms in total. The lowest BCUT2D eigenvalue weighted by atomic mass is 9.66. The van der Waals surface area contributed by atoms with Gasteiger partial charge in [0.25, 0.3) is 0 Å². The Bertz CT molecular complexity index is 1660. The van der Waals surface area contributed by atoms with E-state index in [1.165, 1.54) is 24.4 Å².